The molecule has 2 rings (SSSR count). The predicted molar refractivity (Wildman–Crippen MR) is 97.7 cm³/mol. The molecule has 1 aliphatic carbocycles. The highest BCUT2D eigenvalue weighted by atomic mass is 16.5. The van der Waals surface area contributed by atoms with Crippen LogP contribution in [-0.4, -0.2) is 23.0 Å². The molecule has 4 heteroatoms. The Kier molecular flexibility index (Phi) is 5.73. The first-order chi connectivity index (χ1) is 11.7. The molecule has 0 amide bonds. The van der Waals surface area contributed by atoms with E-state index in [0.717, 1.165) is 11.1 Å². The summed E-state index contributed by atoms with van der Waals surface area (Å²) >= 11 is 0. The number of esters is 1. The van der Waals surface area contributed by atoms with Crippen molar-refractivity contribution in [1.29, 1.82) is 0 Å². The van der Waals surface area contributed by atoms with E-state index in [9.17, 15) is 9.90 Å². The van der Waals surface area contributed by atoms with Crippen LogP contribution in [0.4, 0.5) is 0 Å². The third-order valence-corrected chi connectivity index (χ3v) is 4.16. The first-order valence-electron chi connectivity index (χ1n) is 8.60. The summed E-state index contributed by atoms with van der Waals surface area (Å²) in [7, 11) is 0. The Bertz CT molecular complexity index is 746. The highest BCUT2D eigenvalue weighted by molar-refractivity contribution is 5.92. The van der Waals surface area contributed by atoms with Crippen LogP contribution in [0.5, 0.6) is 0 Å². The lowest BCUT2D eigenvalue weighted by Crippen LogP contribution is -2.41. The highest BCUT2D eigenvalue weighted by Crippen LogP contribution is 2.26. The smallest absolute Gasteiger partial charge is 0.343 e. The molecule has 0 bridgehead atoms. The molecule has 0 fully saturated rings. The van der Waals surface area contributed by atoms with Crippen molar-refractivity contribution in [2.75, 3.05) is 0 Å². The van der Waals surface area contributed by atoms with Crippen LogP contribution < -0.4 is 5.11 Å². The average molecular weight is 340 g/mol. The fourth-order valence-corrected chi connectivity index (χ4v) is 3.07. The summed E-state index contributed by atoms with van der Waals surface area (Å²) in [6, 6.07) is 5.69. The molecule has 0 heterocycles. The molecule has 0 radical (unpaired) electrons. The maximum atomic E-state index is 12.9. The van der Waals surface area contributed by atoms with E-state index in [-0.39, 0.29) is 18.0 Å². The Morgan fingerprint density at radius 1 is 1.12 bits per heavy atom. The van der Waals surface area contributed by atoms with Gasteiger partial charge < -0.3 is 14.7 Å². The molecular weight excluding hydrogens is 314 g/mol. The average Bonchev–Trinajstić information content (AvgIpc) is 2.94. The van der Waals surface area contributed by atoms with E-state index < -0.39 is 5.97 Å². The molecule has 0 atom stereocenters. The molecule has 25 heavy (non-hydrogen) atoms. The number of allylic oxidation sites excluding steroid dienone is 3. The third-order valence-electron chi connectivity index (χ3n) is 4.16. The molecule has 1 aromatic rings. The molecule has 134 valence electrons. The second kappa shape index (κ2) is 7.60. The van der Waals surface area contributed by atoms with E-state index in [0.29, 0.717) is 16.9 Å². The number of benzene rings is 1. The Balaban J connectivity index is 2.28. The van der Waals surface area contributed by atoms with Gasteiger partial charge in [0.15, 0.2) is 0 Å². The van der Waals surface area contributed by atoms with Crippen molar-refractivity contribution in [3.63, 3.8) is 0 Å². The topological polar surface area (TPSA) is 52.6 Å². The number of nitrogens with zero attached hydrogens (tertiary/aromatic N) is 1. The minimum Gasteiger partial charge on any atom is -0.860 e. The van der Waals surface area contributed by atoms with Crippen LogP contribution in [0, 0.1) is 13.8 Å². The second-order valence-corrected chi connectivity index (χ2v) is 6.91. The van der Waals surface area contributed by atoms with E-state index >= 15 is 0 Å². The minimum atomic E-state index is -0.446. The van der Waals surface area contributed by atoms with Crippen LogP contribution in [0.15, 0.2) is 53.6 Å². The first kappa shape index (κ1) is 18.8. The van der Waals surface area contributed by atoms with Crippen molar-refractivity contribution in [3.05, 3.63) is 70.3 Å². The molecule has 0 spiro atoms. The standard InChI is InChI=1S/C21H27NO3/c1-13(2)22(14(3)4)20(23)18-8-7-9-19(18)25-21(24)17-11-10-15(5)12-16(17)6/h7-14,23H,1-6H3/p-1/b20-18-. The van der Waals surface area contributed by atoms with Gasteiger partial charge >= 0.3 is 5.97 Å². The van der Waals surface area contributed by atoms with Gasteiger partial charge in [0.25, 0.3) is 0 Å². The number of aryl methyl sites for hydroxylation is 2. The van der Waals surface area contributed by atoms with Crippen LogP contribution in [0.25, 0.3) is 0 Å². The summed E-state index contributed by atoms with van der Waals surface area (Å²) in [6.07, 6.45) is 5.09. The Morgan fingerprint density at radius 3 is 2.32 bits per heavy atom. The molecule has 0 unspecified atom stereocenters. The molecule has 0 N–H and O–H groups in total. The van der Waals surface area contributed by atoms with E-state index in [1.807, 2.05) is 53.7 Å². The van der Waals surface area contributed by atoms with Crippen LogP contribution in [-0.2, 0) is 4.74 Å². The van der Waals surface area contributed by atoms with Gasteiger partial charge in [-0.15, -0.1) is 0 Å². The van der Waals surface area contributed by atoms with Gasteiger partial charge in [-0.3, -0.25) is 0 Å². The lowest BCUT2D eigenvalue weighted by atomic mass is 10.1. The van der Waals surface area contributed by atoms with E-state index in [1.165, 1.54) is 0 Å². The van der Waals surface area contributed by atoms with Crippen molar-refractivity contribution >= 4 is 5.97 Å². The summed E-state index contributed by atoms with van der Waals surface area (Å²) in [4.78, 5) is 14.3. The lowest BCUT2D eigenvalue weighted by Gasteiger charge is -2.39. The van der Waals surface area contributed by atoms with E-state index in [4.69, 9.17) is 4.74 Å². The molecule has 0 aromatic heterocycles. The Labute approximate surface area is 150 Å². The molecule has 0 aliphatic heterocycles. The predicted octanol–water partition coefficient (Wildman–Crippen LogP) is 3.60. The van der Waals surface area contributed by atoms with Gasteiger partial charge in [0.1, 0.15) is 5.76 Å². The van der Waals surface area contributed by atoms with Crippen LogP contribution in [0.1, 0.15) is 49.2 Å². The monoisotopic (exact) mass is 340 g/mol. The number of ether oxygens (including phenoxy) is 1. The molecular formula is C21H26NO3-. The SMILES string of the molecule is Cc1ccc(C(=O)OC2=CC=C/C2=C(/[O-])N(C(C)C)C(C)C)c(C)c1. The van der Waals surface area contributed by atoms with Gasteiger partial charge in [-0.1, -0.05) is 29.8 Å². The zero-order chi connectivity index (χ0) is 18.7. The van der Waals surface area contributed by atoms with Gasteiger partial charge in [0.05, 0.1) is 5.56 Å². The van der Waals surface area contributed by atoms with Crippen LogP contribution in [0.2, 0.25) is 0 Å². The van der Waals surface area contributed by atoms with Crippen molar-refractivity contribution in [1.82, 2.24) is 4.90 Å². The van der Waals surface area contributed by atoms with Crippen LogP contribution >= 0.6 is 0 Å². The quantitative estimate of drug-likeness (QED) is 0.607. The van der Waals surface area contributed by atoms with Gasteiger partial charge in [0, 0.05) is 17.7 Å². The fraction of sp³-hybridized carbons (Fsp3) is 0.381. The minimum absolute atomic E-state index is 0.0605. The number of hydrogen-bond donors (Lipinski definition) is 0. The second-order valence-electron chi connectivity index (χ2n) is 6.91. The Hall–Kier alpha value is -2.49. The van der Waals surface area contributed by atoms with Gasteiger partial charge in [0.2, 0.25) is 0 Å². The maximum Gasteiger partial charge on any atom is 0.343 e. The normalized spacial score (nSPS) is 15.6. The van der Waals surface area contributed by atoms with Crippen molar-refractivity contribution in [2.24, 2.45) is 0 Å². The highest BCUT2D eigenvalue weighted by Gasteiger charge is 2.20. The maximum absolute atomic E-state index is 12.9. The van der Waals surface area contributed by atoms with Crippen molar-refractivity contribution in [3.8, 4) is 0 Å². The number of hydrogen-bond acceptors (Lipinski definition) is 4. The summed E-state index contributed by atoms with van der Waals surface area (Å²) < 4.78 is 5.54. The number of carbonyl (C=O) groups excluding carboxylic acids is 1. The van der Waals surface area contributed by atoms with Gasteiger partial charge in [-0.05, 0) is 65.1 Å². The zero-order valence-corrected chi connectivity index (χ0v) is 15.8. The summed E-state index contributed by atoms with van der Waals surface area (Å²) in [5, 5.41) is 12.9. The van der Waals surface area contributed by atoms with Crippen molar-refractivity contribution in [2.45, 2.75) is 53.6 Å². The van der Waals surface area contributed by atoms with Gasteiger partial charge in [-0.2, -0.15) is 0 Å². The zero-order valence-electron chi connectivity index (χ0n) is 15.8. The number of carbonyl (C=O) groups is 1. The largest absolute Gasteiger partial charge is 0.860 e. The summed E-state index contributed by atoms with van der Waals surface area (Å²) in [5.41, 5.74) is 2.87. The van der Waals surface area contributed by atoms with Crippen molar-refractivity contribution < 1.29 is 14.6 Å². The molecule has 0 saturated heterocycles. The Morgan fingerprint density at radius 2 is 1.76 bits per heavy atom. The fourth-order valence-electron chi connectivity index (χ4n) is 3.07. The molecule has 1 aliphatic rings. The van der Waals surface area contributed by atoms with E-state index in [2.05, 4.69) is 0 Å². The molecule has 4 nitrogen and oxygen atoms in total. The first-order valence-corrected chi connectivity index (χ1v) is 8.60. The lowest BCUT2D eigenvalue weighted by molar-refractivity contribution is -0.339. The summed E-state index contributed by atoms with van der Waals surface area (Å²) in [5.74, 6) is -0.266. The van der Waals surface area contributed by atoms with E-state index in [1.54, 1.807) is 29.2 Å². The molecule has 1 aromatic carbocycles. The third kappa shape index (κ3) is 4.13. The molecule has 0 saturated carbocycles. The summed E-state index contributed by atoms with van der Waals surface area (Å²) in [6.45, 7) is 11.7. The van der Waals surface area contributed by atoms with Gasteiger partial charge in [-0.25, -0.2) is 4.79 Å². The van der Waals surface area contributed by atoms with Crippen LogP contribution in [0.3, 0.4) is 0 Å². The number of rotatable bonds is 5.